The largest absolute Gasteiger partial charge is 0.328 e. The summed E-state index contributed by atoms with van der Waals surface area (Å²) in [5.74, 6) is -0.294. The van der Waals surface area contributed by atoms with Crippen molar-refractivity contribution in [1.29, 1.82) is 0 Å². The van der Waals surface area contributed by atoms with Crippen LogP contribution >= 0.6 is 28.1 Å². The second-order valence-corrected chi connectivity index (χ2v) is 4.68. The van der Waals surface area contributed by atoms with Gasteiger partial charge in [-0.1, -0.05) is 28.6 Å². The number of nitrogens with one attached hydrogen (secondary N) is 1. The van der Waals surface area contributed by atoms with Gasteiger partial charge in [0.1, 0.15) is 11.3 Å². The topological polar surface area (TPSA) is 20.7 Å². The number of fused-ring (bicyclic) bond motifs is 1. The van der Waals surface area contributed by atoms with Gasteiger partial charge in [-0.15, -0.1) is 0 Å². The van der Waals surface area contributed by atoms with Gasteiger partial charge in [-0.25, -0.2) is 4.39 Å². The number of hydrogen-bond acceptors (Lipinski definition) is 1. The summed E-state index contributed by atoms with van der Waals surface area (Å²) in [6.07, 6.45) is 0. The summed E-state index contributed by atoms with van der Waals surface area (Å²) in [4.78, 5) is 2.84. The van der Waals surface area contributed by atoms with Crippen molar-refractivity contribution in [2.75, 3.05) is 0 Å². The molecule has 1 N–H and O–H groups in total. The second kappa shape index (κ2) is 3.90. The van der Waals surface area contributed by atoms with Gasteiger partial charge < -0.3 is 9.55 Å². The molecule has 1 heterocycles. The van der Waals surface area contributed by atoms with Gasteiger partial charge >= 0.3 is 0 Å². The fraction of sp³-hybridized carbons (Fsp3) is 0.100. The van der Waals surface area contributed by atoms with E-state index in [-0.39, 0.29) is 5.82 Å². The maximum Gasteiger partial charge on any atom is 0.178 e. The van der Waals surface area contributed by atoms with Gasteiger partial charge in [0.15, 0.2) is 4.77 Å². The summed E-state index contributed by atoms with van der Waals surface area (Å²) in [5, 5.41) is 0. The van der Waals surface area contributed by atoms with E-state index >= 15 is 0 Å². The smallest absolute Gasteiger partial charge is 0.178 e. The number of imidazole rings is 1. The summed E-state index contributed by atoms with van der Waals surface area (Å²) in [6, 6.07) is 4.88. The molecular formula is C10H8BrFN2S. The molecule has 0 unspecified atom stereocenters. The normalized spacial score (nSPS) is 10.8. The van der Waals surface area contributed by atoms with Crippen LogP contribution in [0, 0.1) is 10.6 Å². The van der Waals surface area contributed by atoms with Crippen molar-refractivity contribution >= 4 is 39.2 Å². The monoisotopic (exact) mass is 286 g/mol. The van der Waals surface area contributed by atoms with E-state index < -0.39 is 0 Å². The van der Waals surface area contributed by atoms with Crippen molar-refractivity contribution < 1.29 is 4.39 Å². The minimum absolute atomic E-state index is 0.294. The van der Waals surface area contributed by atoms with Crippen LogP contribution in [0.3, 0.4) is 0 Å². The van der Waals surface area contributed by atoms with Crippen molar-refractivity contribution in [2.24, 2.45) is 0 Å². The van der Waals surface area contributed by atoms with Crippen molar-refractivity contribution in [3.63, 3.8) is 0 Å². The molecule has 0 amide bonds. The Morgan fingerprint density at radius 3 is 3.00 bits per heavy atom. The van der Waals surface area contributed by atoms with Crippen LogP contribution in [-0.4, -0.2) is 9.55 Å². The molecule has 0 spiro atoms. The number of rotatable bonds is 2. The molecule has 0 aliphatic carbocycles. The van der Waals surface area contributed by atoms with Gasteiger partial charge in [0.25, 0.3) is 0 Å². The van der Waals surface area contributed by atoms with Crippen LogP contribution in [0.25, 0.3) is 11.0 Å². The van der Waals surface area contributed by atoms with E-state index in [1.165, 1.54) is 6.07 Å². The number of allylic oxidation sites excluding steroid dienone is 1. The molecule has 78 valence electrons. The van der Waals surface area contributed by atoms with Crippen LogP contribution in [0.4, 0.5) is 4.39 Å². The molecule has 0 atom stereocenters. The van der Waals surface area contributed by atoms with E-state index in [0.29, 0.717) is 16.8 Å². The van der Waals surface area contributed by atoms with E-state index in [2.05, 4.69) is 27.5 Å². The highest BCUT2D eigenvalue weighted by Gasteiger charge is 2.07. The standard InChI is InChI=1S/C10H8BrFN2S/c1-6(11)5-14-8-4-2-3-7(12)9(8)13-10(14)15/h2-4H,1,5H2,(H,13,15). The van der Waals surface area contributed by atoms with Gasteiger partial charge in [-0.2, -0.15) is 0 Å². The first-order chi connectivity index (χ1) is 7.09. The lowest BCUT2D eigenvalue weighted by molar-refractivity contribution is 0.637. The maximum absolute atomic E-state index is 13.4. The van der Waals surface area contributed by atoms with Crippen LogP contribution in [0.15, 0.2) is 29.3 Å². The van der Waals surface area contributed by atoms with Gasteiger partial charge in [0, 0.05) is 4.48 Å². The SMILES string of the molecule is C=C(Br)Cn1c(=S)[nH]c2c(F)cccc21. The fourth-order valence-corrected chi connectivity index (χ4v) is 1.99. The zero-order valence-electron chi connectivity index (χ0n) is 7.76. The number of para-hydroxylation sites is 1. The Kier molecular flexibility index (Phi) is 2.75. The number of hydrogen-bond donors (Lipinski definition) is 1. The quantitative estimate of drug-likeness (QED) is 0.834. The number of H-pyrrole nitrogens is 1. The highest BCUT2D eigenvalue weighted by atomic mass is 79.9. The lowest BCUT2D eigenvalue weighted by Crippen LogP contribution is -1.96. The van der Waals surface area contributed by atoms with Crippen molar-refractivity contribution in [3.8, 4) is 0 Å². The molecule has 2 aromatic rings. The minimum atomic E-state index is -0.294. The maximum atomic E-state index is 13.4. The second-order valence-electron chi connectivity index (χ2n) is 3.17. The van der Waals surface area contributed by atoms with Crippen LogP contribution in [-0.2, 0) is 6.54 Å². The molecule has 5 heteroatoms. The average Bonchev–Trinajstić information content (AvgIpc) is 2.45. The number of halogens is 2. The van der Waals surface area contributed by atoms with E-state index in [1.807, 2.05) is 6.07 Å². The van der Waals surface area contributed by atoms with Crippen LogP contribution in [0.5, 0.6) is 0 Å². The van der Waals surface area contributed by atoms with Gasteiger partial charge in [0.2, 0.25) is 0 Å². The van der Waals surface area contributed by atoms with Crippen molar-refractivity contribution in [3.05, 3.63) is 39.8 Å². The van der Waals surface area contributed by atoms with Crippen LogP contribution in [0.2, 0.25) is 0 Å². The Hall–Kier alpha value is -0.940. The first-order valence-electron chi connectivity index (χ1n) is 4.30. The molecule has 0 bridgehead atoms. The molecule has 1 aromatic carbocycles. The average molecular weight is 287 g/mol. The first kappa shape index (κ1) is 10.6. The number of nitrogens with zero attached hydrogens (tertiary/aromatic N) is 1. The van der Waals surface area contributed by atoms with E-state index in [1.54, 1.807) is 10.6 Å². The van der Waals surface area contributed by atoms with Crippen molar-refractivity contribution in [2.45, 2.75) is 6.54 Å². The highest BCUT2D eigenvalue weighted by Crippen LogP contribution is 2.19. The minimum Gasteiger partial charge on any atom is -0.328 e. The fourth-order valence-electron chi connectivity index (χ4n) is 1.47. The Morgan fingerprint density at radius 2 is 2.33 bits per heavy atom. The Labute approximate surface area is 99.5 Å². The molecule has 0 fully saturated rings. The summed E-state index contributed by atoms with van der Waals surface area (Å²) in [7, 11) is 0. The molecule has 0 aliphatic rings. The van der Waals surface area contributed by atoms with E-state index in [0.717, 1.165) is 10.00 Å². The predicted octanol–water partition coefficient (Wildman–Crippen LogP) is 3.75. The molecule has 15 heavy (non-hydrogen) atoms. The highest BCUT2D eigenvalue weighted by molar-refractivity contribution is 9.11. The molecule has 2 rings (SSSR count). The first-order valence-corrected chi connectivity index (χ1v) is 5.50. The van der Waals surface area contributed by atoms with E-state index in [4.69, 9.17) is 12.2 Å². The summed E-state index contributed by atoms with van der Waals surface area (Å²) in [5.41, 5.74) is 1.19. The number of aromatic nitrogens is 2. The number of aromatic amines is 1. The predicted molar refractivity (Wildman–Crippen MR) is 65.1 cm³/mol. The Bertz CT molecular complexity index is 585. The molecule has 2 nitrogen and oxygen atoms in total. The molecule has 0 saturated carbocycles. The third-order valence-corrected chi connectivity index (χ3v) is 2.66. The third kappa shape index (κ3) is 1.89. The summed E-state index contributed by atoms with van der Waals surface area (Å²) < 4.78 is 16.5. The van der Waals surface area contributed by atoms with Gasteiger partial charge in [-0.3, -0.25) is 0 Å². The third-order valence-electron chi connectivity index (χ3n) is 2.09. The molecule has 0 radical (unpaired) electrons. The lowest BCUT2D eigenvalue weighted by atomic mass is 10.3. The Balaban J connectivity index is 2.74. The molecule has 0 saturated heterocycles. The molecular weight excluding hydrogens is 279 g/mol. The van der Waals surface area contributed by atoms with Crippen LogP contribution < -0.4 is 0 Å². The number of benzene rings is 1. The van der Waals surface area contributed by atoms with E-state index in [9.17, 15) is 4.39 Å². The zero-order valence-corrected chi connectivity index (χ0v) is 10.2. The molecule has 1 aromatic heterocycles. The van der Waals surface area contributed by atoms with Gasteiger partial charge in [-0.05, 0) is 24.4 Å². The summed E-state index contributed by atoms with van der Waals surface area (Å²) in [6.45, 7) is 4.27. The zero-order chi connectivity index (χ0) is 11.0. The summed E-state index contributed by atoms with van der Waals surface area (Å²) >= 11 is 8.37. The lowest BCUT2D eigenvalue weighted by Gasteiger charge is -2.01. The Morgan fingerprint density at radius 1 is 1.60 bits per heavy atom. The van der Waals surface area contributed by atoms with Crippen LogP contribution in [0.1, 0.15) is 0 Å². The molecule has 0 aliphatic heterocycles. The van der Waals surface area contributed by atoms with Gasteiger partial charge in [0.05, 0.1) is 12.1 Å². The van der Waals surface area contributed by atoms with Crippen molar-refractivity contribution in [1.82, 2.24) is 9.55 Å².